The second kappa shape index (κ2) is 5.65. The molecule has 1 aliphatic rings. The fourth-order valence-corrected chi connectivity index (χ4v) is 2.63. The number of hydrogen-bond donors (Lipinski definition) is 1. The van der Waals surface area contributed by atoms with Gasteiger partial charge in [0.15, 0.2) is 0 Å². The Hall–Kier alpha value is -0.860. The van der Waals surface area contributed by atoms with E-state index in [1.54, 1.807) is 0 Å². The third-order valence-electron chi connectivity index (χ3n) is 4.10. The van der Waals surface area contributed by atoms with Crippen LogP contribution in [0.15, 0.2) is 24.3 Å². The van der Waals surface area contributed by atoms with Crippen LogP contribution in [0.1, 0.15) is 37.8 Å². The van der Waals surface area contributed by atoms with Gasteiger partial charge >= 0.3 is 0 Å². The fourth-order valence-electron chi connectivity index (χ4n) is 2.63. The Balaban J connectivity index is 1.99. The average Bonchev–Trinajstić information content (AvgIpc) is 2.36. The number of hydrogen-bond acceptors (Lipinski definition) is 2. The lowest BCUT2D eigenvalue weighted by Crippen LogP contribution is -2.41. The second-order valence-electron chi connectivity index (χ2n) is 5.31. The third kappa shape index (κ3) is 3.08. The molecule has 1 fully saturated rings. The summed E-state index contributed by atoms with van der Waals surface area (Å²) in [5, 5.41) is 9.02. The molecule has 0 amide bonds. The SMILES string of the molecule is CC1CCCN(Cc2ccc(CO)cc2)C1C. The highest BCUT2D eigenvalue weighted by Gasteiger charge is 2.24. The summed E-state index contributed by atoms with van der Waals surface area (Å²) in [6, 6.07) is 9.00. The van der Waals surface area contributed by atoms with Crippen LogP contribution in [0.2, 0.25) is 0 Å². The number of aliphatic hydroxyl groups is 1. The van der Waals surface area contributed by atoms with Crippen molar-refractivity contribution in [1.82, 2.24) is 4.90 Å². The van der Waals surface area contributed by atoms with Crippen LogP contribution in [0.4, 0.5) is 0 Å². The van der Waals surface area contributed by atoms with Crippen LogP contribution in [0.25, 0.3) is 0 Å². The molecule has 2 rings (SSSR count). The minimum Gasteiger partial charge on any atom is -0.392 e. The standard InChI is InChI=1S/C15H23NO/c1-12-4-3-9-16(13(12)2)10-14-5-7-15(11-17)8-6-14/h5-8,12-13,17H,3-4,9-11H2,1-2H3. The Kier molecular flexibility index (Phi) is 4.19. The molecule has 2 unspecified atom stereocenters. The van der Waals surface area contributed by atoms with E-state index in [-0.39, 0.29) is 6.61 Å². The van der Waals surface area contributed by atoms with Crippen LogP contribution < -0.4 is 0 Å². The predicted molar refractivity (Wildman–Crippen MR) is 70.6 cm³/mol. The number of rotatable bonds is 3. The second-order valence-corrected chi connectivity index (χ2v) is 5.31. The normalized spacial score (nSPS) is 26.1. The van der Waals surface area contributed by atoms with Gasteiger partial charge < -0.3 is 5.11 Å². The third-order valence-corrected chi connectivity index (χ3v) is 4.10. The van der Waals surface area contributed by atoms with Gasteiger partial charge in [0.1, 0.15) is 0 Å². The Morgan fingerprint density at radius 3 is 2.47 bits per heavy atom. The summed E-state index contributed by atoms with van der Waals surface area (Å²) >= 11 is 0. The molecule has 0 bridgehead atoms. The molecule has 1 heterocycles. The van der Waals surface area contributed by atoms with Gasteiger partial charge in [-0.25, -0.2) is 0 Å². The zero-order valence-corrected chi connectivity index (χ0v) is 10.9. The number of piperidine rings is 1. The summed E-state index contributed by atoms with van der Waals surface area (Å²) in [6.07, 6.45) is 2.68. The van der Waals surface area contributed by atoms with Crippen LogP contribution in [0.3, 0.4) is 0 Å². The van der Waals surface area contributed by atoms with E-state index in [0.717, 1.165) is 18.0 Å². The van der Waals surface area contributed by atoms with Gasteiger partial charge in [-0.2, -0.15) is 0 Å². The highest BCUT2D eigenvalue weighted by Crippen LogP contribution is 2.24. The van der Waals surface area contributed by atoms with E-state index < -0.39 is 0 Å². The molecule has 2 heteroatoms. The summed E-state index contributed by atoms with van der Waals surface area (Å²) < 4.78 is 0. The first-order chi connectivity index (χ1) is 8.20. The summed E-state index contributed by atoms with van der Waals surface area (Å²) in [5.74, 6) is 0.806. The van der Waals surface area contributed by atoms with E-state index in [0.29, 0.717) is 6.04 Å². The van der Waals surface area contributed by atoms with Crippen molar-refractivity contribution in [3.63, 3.8) is 0 Å². The van der Waals surface area contributed by atoms with Gasteiger partial charge in [0.2, 0.25) is 0 Å². The largest absolute Gasteiger partial charge is 0.392 e. The molecule has 0 saturated carbocycles. The van der Waals surface area contributed by atoms with Gasteiger partial charge in [0.25, 0.3) is 0 Å². The summed E-state index contributed by atoms with van der Waals surface area (Å²) in [6.45, 7) is 7.08. The van der Waals surface area contributed by atoms with Crippen LogP contribution in [-0.4, -0.2) is 22.6 Å². The Bertz CT molecular complexity index is 346. The molecule has 1 aromatic rings. The molecule has 1 N–H and O–H groups in total. The molecule has 0 aromatic heterocycles. The molecule has 0 spiro atoms. The van der Waals surface area contributed by atoms with Crippen molar-refractivity contribution < 1.29 is 5.11 Å². The van der Waals surface area contributed by atoms with E-state index in [1.807, 2.05) is 12.1 Å². The van der Waals surface area contributed by atoms with E-state index in [9.17, 15) is 0 Å². The molecule has 2 nitrogen and oxygen atoms in total. The van der Waals surface area contributed by atoms with Crippen molar-refractivity contribution in [2.75, 3.05) is 6.54 Å². The summed E-state index contributed by atoms with van der Waals surface area (Å²) in [7, 11) is 0. The van der Waals surface area contributed by atoms with Crippen LogP contribution in [0, 0.1) is 5.92 Å². The van der Waals surface area contributed by atoms with Crippen LogP contribution >= 0.6 is 0 Å². The molecule has 0 radical (unpaired) electrons. The first kappa shape index (κ1) is 12.6. The van der Waals surface area contributed by atoms with E-state index in [1.165, 1.54) is 24.9 Å². The predicted octanol–water partition coefficient (Wildman–Crippen LogP) is 2.80. The van der Waals surface area contributed by atoms with Crippen molar-refractivity contribution in [2.45, 2.75) is 45.9 Å². The molecular weight excluding hydrogens is 210 g/mol. The van der Waals surface area contributed by atoms with E-state index in [4.69, 9.17) is 5.11 Å². The smallest absolute Gasteiger partial charge is 0.0681 e. The molecule has 1 aliphatic heterocycles. The summed E-state index contributed by atoms with van der Waals surface area (Å²) in [4.78, 5) is 2.57. The van der Waals surface area contributed by atoms with Crippen molar-refractivity contribution in [1.29, 1.82) is 0 Å². The first-order valence-corrected chi connectivity index (χ1v) is 6.63. The zero-order valence-electron chi connectivity index (χ0n) is 10.9. The average molecular weight is 233 g/mol. The first-order valence-electron chi connectivity index (χ1n) is 6.63. The Labute approximate surface area is 104 Å². The topological polar surface area (TPSA) is 23.5 Å². The summed E-state index contributed by atoms with van der Waals surface area (Å²) in [5.41, 5.74) is 2.34. The molecular formula is C15H23NO. The maximum atomic E-state index is 9.02. The van der Waals surface area contributed by atoms with Gasteiger partial charge in [-0.1, -0.05) is 31.2 Å². The number of aliphatic hydroxyl groups excluding tert-OH is 1. The molecule has 1 saturated heterocycles. The lowest BCUT2D eigenvalue weighted by molar-refractivity contribution is 0.106. The quantitative estimate of drug-likeness (QED) is 0.867. The Morgan fingerprint density at radius 1 is 1.18 bits per heavy atom. The molecule has 2 atom stereocenters. The van der Waals surface area contributed by atoms with Gasteiger partial charge in [0.05, 0.1) is 6.61 Å². The van der Waals surface area contributed by atoms with Crippen molar-refractivity contribution in [3.8, 4) is 0 Å². The zero-order chi connectivity index (χ0) is 12.3. The molecule has 94 valence electrons. The monoisotopic (exact) mass is 233 g/mol. The van der Waals surface area contributed by atoms with Gasteiger partial charge in [-0.05, 0) is 43.4 Å². The minimum atomic E-state index is 0.136. The molecule has 0 aliphatic carbocycles. The van der Waals surface area contributed by atoms with Crippen LogP contribution in [-0.2, 0) is 13.2 Å². The van der Waals surface area contributed by atoms with E-state index >= 15 is 0 Å². The molecule has 1 aromatic carbocycles. The highest BCUT2D eigenvalue weighted by atomic mass is 16.3. The van der Waals surface area contributed by atoms with Crippen molar-refractivity contribution in [2.24, 2.45) is 5.92 Å². The lowest BCUT2D eigenvalue weighted by atomic mass is 9.91. The van der Waals surface area contributed by atoms with Crippen molar-refractivity contribution in [3.05, 3.63) is 35.4 Å². The van der Waals surface area contributed by atoms with Gasteiger partial charge in [0, 0.05) is 12.6 Å². The lowest BCUT2D eigenvalue weighted by Gasteiger charge is -2.38. The maximum Gasteiger partial charge on any atom is 0.0681 e. The van der Waals surface area contributed by atoms with Gasteiger partial charge in [-0.15, -0.1) is 0 Å². The maximum absolute atomic E-state index is 9.02. The minimum absolute atomic E-state index is 0.136. The number of benzene rings is 1. The van der Waals surface area contributed by atoms with Crippen molar-refractivity contribution >= 4 is 0 Å². The highest BCUT2D eigenvalue weighted by molar-refractivity contribution is 5.22. The number of likely N-dealkylation sites (tertiary alicyclic amines) is 1. The van der Waals surface area contributed by atoms with Crippen LogP contribution in [0.5, 0.6) is 0 Å². The van der Waals surface area contributed by atoms with Gasteiger partial charge in [-0.3, -0.25) is 4.90 Å². The van der Waals surface area contributed by atoms with E-state index in [2.05, 4.69) is 30.9 Å². The molecule has 17 heavy (non-hydrogen) atoms. The number of nitrogens with zero attached hydrogens (tertiary/aromatic N) is 1. The fraction of sp³-hybridized carbons (Fsp3) is 0.600. The Morgan fingerprint density at radius 2 is 1.82 bits per heavy atom.